The summed E-state index contributed by atoms with van der Waals surface area (Å²) in [6.07, 6.45) is -1.69. The second kappa shape index (κ2) is 11.8. The Morgan fingerprint density at radius 3 is 2.49 bits per heavy atom. The van der Waals surface area contributed by atoms with Crippen LogP contribution in [-0.2, 0) is 21.1 Å². The van der Waals surface area contributed by atoms with Crippen LogP contribution in [0.1, 0.15) is 22.3 Å². The largest absolute Gasteiger partial charge is 0.481 e. The summed E-state index contributed by atoms with van der Waals surface area (Å²) in [5.74, 6) is -3.60. The molecule has 0 aliphatic rings. The molecule has 0 aliphatic heterocycles. The predicted octanol–water partition coefficient (Wildman–Crippen LogP) is 3.38. The van der Waals surface area contributed by atoms with Crippen molar-refractivity contribution in [2.24, 2.45) is 0 Å². The second-order valence-corrected chi connectivity index (χ2v) is 8.33. The van der Waals surface area contributed by atoms with Crippen molar-refractivity contribution in [1.29, 1.82) is 0 Å². The van der Waals surface area contributed by atoms with E-state index < -0.39 is 48.5 Å². The lowest BCUT2D eigenvalue weighted by molar-refractivity contribution is -0.162. The van der Waals surface area contributed by atoms with Crippen LogP contribution in [0, 0.1) is 12.7 Å². The van der Waals surface area contributed by atoms with Gasteiger partial charge in [-0.3, -0.25) is 14.4 Å². The van der Waals surface area contributed by atoms with E-state index in [0.29, 0.717) is 10.2 Å². The SMILES string of the molecule is Cc1cc(F)ccc1Oc1cc(Cl)c(Cl)cc1C(=O)Nc1cnn(COC(=O)C(O)CC(=O)O)c(=O)c1. The van der Waals surface area contributed by atoms with Crippen LogP contribution in [0.2, 0.25) is 10.0 Å². The molecule has 0 bridgehead atoms. The van der Waals surface area contributed by atoms with Gasteiger partial charge in [-0.05, 0) is 36.8 Å². The molecule has 1 aromatic heterocycles. The zero-order valence-corrected chi connectivity index (χ0v) is 20.4. The lowest BCUT2D eigenvalue weighted by atomic mass is 10.1. The number of ether oxygens (including phenoxy) is 2. The van der Waals surface area contributed by atoms with Crippen LogP contribution >= 0.6 is 23.2 Å². The summed E-state index contributed by atoms with van der Waals surface area (Å²) >= 11 is 12.1. The number of hydrogen-bond donors (Lipinski definition) is 3. The van der Waals surface area contributed by atoms with Gasteiger partial charge in [-0.2, -0.15) is 9.78 Å². The summed E-state index contributed by atoms with van der Waals surface area (Å²) in [6, 6.07) is 7.36. The molecule has 1 amide bonds. The number of aromatic nitrogens is 2. The molecule has 3 aromatic rings. The highest BCUT2D eigenvalue weighted by Crippen LogP contribution is 2.35. The van der Waals surface area contributed by atoms with E-state index >= 15 is 0 Å². The minimum absolute atomic E-state index is 0.00902. The fraction of sp³-hybridized carbons (Fsp3) is 0.174. The van der Waals surface area contributed by atoms with Crippen LogP contribution in [0.3, 0.4) is 0 Å². The van der Waals surface area contributed by atoms with Gasteiger partial charge < -0.3 is 25.0 Å². The summed E-state index contributed by atoms with van der Waals surface area (Å²) in [4.78, 5) is 47.4. The lowest BCUT2D eigenvalue weighted by Crippen LogP contribution is -2.30. The maximum absolute atomic E-state index is 13.4. The molecule has 0 aliphatic carbocycles. The fourth-order valence-corrected chi connectivity index (χ4v) is 3.22. The van der Waals surface area contributed by atoms with E-state index in [1.54, 1.807) is 6.92 Å². The third-order valence-corrected chi connectivity index (χ3v) is 5.44. The Balaban J connectivity index is 1.76. The fourth-order valence-electron chi connectivity index (χ4n) is 2.90. The van der Waals surface area contributed by atoms with Crippen molar-refractivity contribution < 1.29 is 38.5 Å². The first-order valence-corrected chi connectivity index (χ1v) is 11.1. The van der Waals surface area contributed by atoms with Crippen LogP contribution in [0.5, 0.6) is 11.5 Å². The van der Waals surface area contributed by atoms with Crippen molar-refractivity contribution >= 4 is 46.7 Å². The Hall–Kier alpha value is -4.00. The van der Waals surface area contributed by atoms with Gasteiger partial charge in [0.05, 0.1) is 33.9 Å². The number of esters is 1. The van der Waals surface area contributed by atoms with Crippen LogP contribution in [0.15, 0.2) is 47.4 Å². The first-order valence-electron chi connectivity index (χ1n) is 10.3. The molecule has 1 heterocycles. The average Bonchev–Trinajstić information content (AvgIpc) is 2.81. The zero-order valence-electron chi connectivity index (χ0n) is 18.9. The Bertz CT molecular complexity index is 1430. The predicted molar refractivity (Wildman–Crippen MR) is 128 cm³/mol. The first-order chi connectivity index (χ1) is 17.4. The molecule has 0 saturated carbocycles. The monoisotopic (exact) mass is 553 g/mol. The van der Waals surface area contributed by atoms with Crippen molar-refractivity contribution in [3.05, 3.63) is 79.9 Å². The number of carbonyl (C=O) groups is 3. The molecule has 1 atom stereocenters. The summed E-state index contributed by atoms with van der Waals surface area (Å²) < 4.78 is 24.6. The number of nitrogens with one attached hydrogen (secondary N) is 1. The highest BCUT2D eigenvalue weighted by molar-refractivity contribution is 6.42. The summed E-state index contributed by atoms with van der Waals surface area (Å²) in [7, 11) is 0. The number of halogens is 3. The maximum Gasteiger partial charge on any atom is 0.337 e. The van der Waals surface area contributed by atoms with E-state index in [9.17, 15) is 28.7 Å². The van der Waals surface area contributed by atoms with Crippen molar-refractivity contribution in [2.45, 2.75) is 26.2 Å². The molecule has 11 nitrogen and oxygen atoms in total. The van der Waals surface area contributed by atoms with Gasteiger partial charge in [-0.15, -0.1) is 0 Å². The number of amides is 1. The Morgan fingerprint density at radius 2 is 1.84 bits per heavy atom. The number of carboxylic acids is 1. The number of hydrogen-bond acceptors (Lipinski definition) is 8. The molecule has 2 aromatic carbocycles. The van der Waals surface area contributed by atoms with E-state index in [0.717, 1.165) is 12.3 Å². The smallest absolute Gasteiger partial charge is 0.337 e. The summed E-state index contributed by atoms with van der Waals surface area (Å²) in [5, 5.41) is 24.4. The molecule has 0 fully saturated rings. The molecular weight excluding hydrogens is 536 g/mol. The summed E-state index contributed by atoms with van der Waals surface area (Å²) in [6.45, 7) is 0.908. The molecule has 3 N–H and O–H groups in total. The van der Waals surface area contributed by atoms with E-state index in [2.05, 4.69) is 15.2 Å². The van der Waals surface area contributed by atoms with Crippen molar-refractivity contribution in [3.8, 4) is 11.5 Å². The molecule has 1 unspecified atom stereocenters. The highest BCUT2D eigenvalue weighted by atomic mass is 35.5. The molecule has 3 rings (SSSR count). The number of aliphatic carboxylic acids is 1. The number of anilines is 1. The molecule has 0 saturated heterocycles. The molecule has 0 spiro atoms. The minimum Gasteiger partial charge on any atom is -0.481 e. The topological polar surface area (TPSA) is 157 Å². The van der Waals surface area contributed by atoms with Crippen LogP contribution in [0.25, 0.3) is 0 Å². The second-order valence-electron chi connectivity index (χ2n) is 7.52. The van der Waals surface area contributed by atoms with Crippen LogP contribution < -0.4 is 15.6 Å². The van der Waals surface area contributed by atoms with Gasteiger partial charge in [-0.1, -0.05) is 23.2 Å². The van der Waals surface area contributed by atoms with Gasteiger partial charge in [0.15, 0.2) is 12.8 Å². The number of aliphatic hydroxyl groups excluding tert-OH is 1. The van der Waals surface area contributed by atoms with Gasteiger partial charge in [0.2, 0.25) is 0 Å². The Kier molecular flexibility index (Phi) is 8.81. The van der Waals surface area contributed by atoms with Crippen molar-refractivity contribution in [1.82, 2.24) is 9.78 Å². The average molecular weight is 554 g/mol. The number of carboxylic acid groups (broad SMARTS) is 1. The number of rotatable bonds is 9. The Labute approximate surface area is 218 Å². The molecule has 37 heavy (non-hydrogen) atoms. The quantitative estimate of drug-likeness (QED) is 0.338. The minimum atomic E-state index is -1.91. The van der Waals surface area contributed by atoms with E-state index in [4.69, 9.17) is 33.0 Å². The van der Waals surface area contributed by atoms with E-state index in [1.807, 2.05) is 0 Å². The van der Waals surface area contributed by atoms with E-state index in [-0.39, 0.29) is 32.8 Å². The number of carbonyl (C=O) groups excluding carboxylic acids is 2. The highest BCUT2D eigenvalue weighted by Gasteiger charge is 2.21. The van der Waals surface area contributed by atoms with Gasteiger partial charge in [-0.25, -0.2) is 9.18 Å². The maximum atomic E-state index is 13.4. The van der Waals surface area contributed by atoms with Crippen molar-refractivity contribution in [3.63, 3.8) is 0 Å². The normalized spacial score (nSPS) is 11.5. The van der Waals surface area contributed by atoms with Gasteiger partial charge in [0.1, 0.15) is 17.3 Å². The van der Waals surface area contributed by atoms with Crippen molar-refractivity contribution in [2.75, 3.05) is 5.32 Å². The van der Waals surface area contributed by atoms with Gasteiger partial charge in [0, 0.05) is 12.1 Å². The van der Waals surface area contributed by atoms with E-state index in [1.165, 1.54) is 30.3 Å². The molecule has 0 radical (unpaired) electrons. The third kappa shape index (κ3) is 7.26. The zero-order chi connectivity index (χ0) is 27.3. The van der Waals surface area contributed by atoms with Gasteiger partial charge in [0.25, 0.3) is 11.5 Å². The van der Waals surface area contributed by atoms with Crippen LogP contribution in [-0.4, -0.2) is 43.9 Å². The Morgan fingerprint density at radius 1 is 1.14 bits per heavy atom. The number of nitrogens with zero attached hydrogens (tertiary/aromatic N) is 2. The molecule has 194 valence electrons. The molecular formula is C23H18Cl2FN3O8. The lowest BCUT2D eigenvalue weighted by Gasteiger charge is -2.14. The van der Waals surface area contributed by atoms with Crippen LogP contribution in [0.4, 0.5) is 10.1 Å². The summed E-state index contributed by atoms with van der Waals surface area (Å²) in [5.41, 5.74) is -0.408. The number of aliphatic hydroxyl groups is 1. The standard InChI is InChI=1S/C23H18Cl2FN3O8/c1-11-4-12(26)2-3-18(11)37-19-7-16(25)15(24)6-14(19)22(34)28-13-5-20(31)29(27-9-13)10-36-23(35)17(30)8-21(32)33/h2-7,9,17,30H,8,10H2,1H3,(H,28,34)(H,32,33). The third-order valence-electron chi connectivity index (χ3n) is 4.72. The first kappa shape index (κ1) is 27.6. The van der Waals surface area contributed by atoms with Gasteiger partial charge >= 0.3 is 11.9 Å². The number of benzene rings is 2. The molecule has 14 heteroatoms. The number of aryl methyl sites for hydroxylation is 1.